The van der Waals surface area contributed by atoms with Crippen molar-refractivity contribution in [3.8, 4) is 5.75 Å². The Labute approximate surface area is 173 Å². The van der Waals surface area contributed by atoms with Crippen molar-refractivity contribution in [2.24, 2.45) is 0 Å². The lowest BCUT2D eigenvalue weighted by molar-refractivity contribution is -0.140. The highest BCUT2D eigenvalue weighted by molar-refractivity contribution is 6.46. The van der Waals surface area contributed by atoms with Gasteiger partial charge in [0.05, 0.1) is 31.0 Å². The summed E-state index contributed by atoms with van der Waals surface area (Å²) in [5.41, 5.74) is 1.08. The molecular weight excluding hydrogens is 384 g/mol. The van der Waals surface area contributed by atoms with Crippen LogP contribution in [-0.4, -0.2) is 33.3 Å². The molecule has 1 aliphatic rings. The van der Waals surface area contributed by atoms with E-state index in [9.17, 15) is 14.7 Å². The Kier molecular flexibility index (Phi) is 5.34. The van der Waals surface area contributed by atoms with Gasteiger partial charge in [0.1, 0.15) is 17.3 Å². The van der Waals surface area contributed by atoms with E-state index in [1.807, 2.05) is 6.92 Å². The fourth-order valence-electron chi connectivity index (χ4n) is 3.57. The maximum Gasteiger partial charge on any atom is 0.296 e. The number of pyridine rings is 1. The molecule has 0 radical (unpaired) electrons. The third-order valence-corrected chi connectivity index (χ3v) is 4.88. The number of aliphatic hydroxyl groups is 1. The summed E-state index contributed by atoms with van der Waals surface area (Å²) in [4.78, 5) is 31.2. The van der Waals surface area contributed by atoms with Gasteiger partial charge in [-0.3, -0.25) is 14.6 Å². The number of benzene rings is 1. The Hall–Kier alpha value is -3.87. The Morgan fingerprint density at radius 1 is 1.17 bits per heavy atom. The fraction of sp³-hybridized carbons (Fsp3) is 0.174. The molecule has 0 bridgehead atoms. The molecule has 3 aromatic rings. The molecule has 4 rings (SSSR count). The molecule has 1 N–H and O–H groups in total. The number of aliphatic hydroxyl groups excluding tert-OH is 1. The summed E-state index contributed by atoms with van der Waals surface area (Å²) in [6.45, 7) is 2.44. The average molecular weight is 404 g/mol. The number of carbonyl (C=O) groups is 2. The number of furan rings is 1. The third kappa shape index (κ3) is 3.57. The second kappa shape index (κ2) is 8.24. The summed E-state index contributed by atoms with van der Waals surface area (Å²) in [6, 6.07) is 13.0. The second-order valence-corrected chi connectivity index (χ2v) is 6.75. The Balaban J connectivity index is 1.86. The van der Waals surface area contributed by atoms with Gasteiger partial charge in [-0.2, -0.15) is 0 Å². The molecule has 2 aromatic heterocycles. The first kappa shape index (κ1) is 19.4. The van der Waals surface area contributed by atoms with Gasteiger partial charge in [0.15, 0.2) is 0 Å². The van der Waals surface area contributed by atoms with Crippen molar-refractivity contribution < 1.29 is 23.8 Å². The number of hydrogen-bond donors (Lipinski definition) is 1. The Morgan fingerprint density at radius 2 is 1.97 bits per heavy atom. The number of rotatable bonds is 6. The molecule has 3 heterocycles. The Bertz CT molecular complexity index is 1090. The van der Waals surface area contributed by atoms with Crippen LogP contribution in [0.2, 0.25) is 0 Å². The molecule has 7 heteroatoms. The largest absolute Gasteiger partial charge is 0.507 e. The highest BCUT2D eigenvalue weighted by Gasteiger charge is 2.46. The van der Waals surface area contributed by atoms with E-state index in [0.29, 0.717) is 29.2 Å². The van der Waals surface area contributed by atoms with E-state index in [2.05, 4.69) is 4.98 Å². The lowest BCUT2D eigenvalue weighted by atomic mass is 9.95. The van der Waals surface area contributed by atoms with Crippen LogP contribution in [0, 0.1) is 0 Å². The topological polar surface area (TPSA) is 92.9 Å². The van der Waals surface area contributed by atoms with Crippen molar-refractivity contribution in [2.75, 3.05) is 6.61 Å². The van der Waals surface area contributed by atoms with Crippen molar-refractivity contribution in [3.63, 3.8) is 0 Å². The summed E-state index contributed by atoms with van der Waals surface area (Å²) in [6.07, 6.45) is 4.53. The van der Waals surface area contributed by atoms with Crippen LogP contribution in [0.15, 0.2) is 77.2 Å². The van der Waals surface area contributed by atoms with Crippen LogP contribution in [0.25, 0.3) is 5.76 Å². The molecule has 30 heavy (non-hydrogen) atoms. The molecule has 1 atom stereocenters. The summed E-state index contributed by atoms with van der Waals surface area (Å²) in [5, 5.41) is 11.0. The predicted octanol–water partition coefficient (Wildman–Crippen LogP) is 3.70. The standard InChI is InChI=1S/C23H20N2O5/c1-2-29-17-6-3-5-16(13-17)20-19(21(26)15-8-10-24-11-9-15)22(27)23(28)25(20)14-18-7-4-12-30-18/h3-13,20,26H,2,14H2,1H3/b21-19+. The first-order valence-corrected chi connectivity index (χ1v) is 9.54. The van der Waals surface area contributed by atoms with E-state index < -0.39 is 17.7 Å². The molecule has 1 aromatic carbocycles. The van der Waals surface area contributed by atoms with E-state index in [-0.39, 0.29) is 17.9 Å². The van der Waals surface area contributed by atoms with E-state index in [1.165, 1.54) is 23.6 Å². The van der Waals surface area contributed by atoms with E-state index >= 15 is 0 Å². The molecule has 1 fully saturated rings. The van der Waals surface area contributed by atoms with Gasteiger partial charge in [-0.15, -0.1) is 0 Å². The number of nitrogens with zero attached hydrogens (tertiary/aromatic N) is 2. The number of hydrogen-bond acceptors (Lipinski definition) is 6. The van der Waals surface area contributed by atoms with Gasteiger partial charge in [-0.1, -0.05) is 12.1 Å². The molecule has 1 saturated heterocycles. The van der Waals surface area contributed by atoms with Crippen LogP contribution in [0.3, 0.4) is 0 Å². The summed E-state index contributed by atoms with van der Waals surface area (Å²) >= 11 is 0. The SMILES string of the molecule is CCOc1cccc(C2/C(=C(\O)c3ccncc3)C(=O)C(=O)N2Cc2ccco2)c1. The molecule has 0 spiro atoms. The zero-order valence-corrected chi connectivity index (χ0v) is 16.3. The van der Waals surface area contributed by atoms with Gasteiger partial charge < -0.3 is 19.2 Å². The van der Waals surface area contributed by atoms with Crippen molar-refractivity contribution in [1.82, 2.24) is 9.88 Å². The van der Waals surface area contributed by atoms with E-state index in [4.69, 9.17) is 9.15 Å². The molecule has 152 valence electrons. The first-order valence-electron chi connectivity index (χ1n) is 9.54. The smallest absolute Gasteiger partial charge is 0.296 e. The minimum atomic E-state index is -0.788. The van der Waals surface area contributed by atoms with Gasteiger partial charge in [0, 0.05) is 18.0 Å². The quantitative estimate of drug-likeness (QED) is 0.383. The number of Topliss-reactive ketones (excluding diaryl/α,β-unsaturated/α-hetero) is 1. The van der Waals surface area contributed by atoms with Crippen molar-refractivity contribution in [3.05, 3.63) is 89.6 Å². The van der Waals surface area contributed by atoms with Gasteiger partial charge >= 0.3 is 0 Å². The third-order valence-electron chi connectivity index (χ3n) is 4.88. The normalized spacial score (nSPS) is 18.0. The van der Waals surface area contributed by atoms with Gasteiger partial charge in [0.25, 0.3) is 11.7 Å². The summed E-state index contributed by atoms with van der Waals surface area (Å²) in [7, 11) is 0. The minimum absolute atomic E-state index is 0.0198. The molecule has 0 saturated carbocycles. The van der Waals surface area contributed by atoms with Gasteiger partial charge in [-0.25, -0.2) is 0 Å². The van der Waals surface area contributed by atoms with Gasteiger partial charge in [-0.05, 0) is 48.9 Å². The average Bonchev–Trinajstić information content (AvgIpc) is 3.37. The summed E-state index contributed by atoms with van der Waals surface area (Å²) in [5.74, 6) is -0.546. The van der Waals surface area contributed by atoms with Crippen LogP contribution in [-0.2, 0) is 16.1 Å². The van der Waals surface area contributed by atoms with Crippen LogP contribution in [0.5, 0.6) is 5.75 Å². The van der Waals surface area contributed by atoms with Crippen molar-refractivity contribution in [1.29, 1.82) is 0 Å². The van der Waals surface area contributed by atoms with Crippen LogP contribution in [0.1, 0.15) is 29.9 Å². The van der Waals surface area contributed by atoms with Crippen molar-refractivity contribution in [2.45, 2.75) is 19.5 Å². The predicted molar refractivity (Wildman–Crippen MR) is 108 cm³/mol. The van der Waals surface area contributed by atoms with Crippen LogP contribution in [0.4, 0.5) is 0 Å². The summed E-state index contributed by atoms with van der Waals surface area (Å²) < 4.78 is 11.0. The maximum atomic E-state index is 13.0. The number of aromatic nitrogens is 1. The number of ether oxygens (including phenoxy) is 1. The lowest BCUT2D eigenvalue weighted by Crippen LogP contribution is -2.29. The lowest BCUT2D eigenvalue weighted by Gasteiger charge is -2.25. The highest BCUT2D eigenvalue weighted by Crippen LogP contribution is 2.41. The van der Waals surface area contributed by atoms with Crippen LogP contribution < -0.4 is 4.74 Å². The molecular formula is C23H20N2O5. The molecule has 0 aliphatic carbocycles. The zero-order valence-electron chi connectivity index (χ0n) is 16.3. The molecule has 7 nitrogen and oxygen atoms in total. The zero-order chi connectivity index (χ0) is 21.1. The monoisotopic (exact) mass is 404 g/mol. The van der Waals surface area contributed by atoms with Crippen LogP contribution >= 0.6 is 0 Å². The number of likely N-dealkylation sites (tertiary alicyclic amines) is 1. The number of amides is 1. The second-order valence-electron chi connectivity index (χ2n) is 6.75. The fourth-order valence-corrected chi connectivity index (χ4v) is 3.57. The highest BCUT2D eigenvalue weighted by atomic mass is 16.5. The van der Waals surface area contributed by atoms with E-state index in [1.54, 1.807) is 48.5 Å². The van der Waals surface area contributed by atoms with Crippen molar-refractivity contribution >= 4 is 17.4 Å². The Morgan fingerprint density at radius 3 is 2.67 bits per heavy atom. The molecule has 1 aliphatic heterocycles. The number of carbonyl (C=O) groups excluding carboxylic acids is 2. The molecule has 1 amide bonds. The minimum Gasteiger partial charge on any atom is -0.507 e. The number of ketones is 1. The first-order chi connectivity index (χ1) is 14.6. The van der Waals surface area contributed by atoms with Gasteiger partial charge in [0.2, 0.25) is 0 Å². The van der Waals surface area contributed by atoms with E-state index in [0.717, 1.165) is 0 Å². The molecule has 1 unspecified atom stereocenters. The maximum absolute atomic E-state index is 13.0.